The van der Waals surface area contributed by atoms with Crippen molar-refractivity contribution in [3.8, 4) is 5.75 Å². The Labute approximate surface area is 217 Å². The van der Waals surface area contributed by atoms with Crippen LogP contribution in [0.1, 0.15) is 58.6 Å². The van der Waals surface area contributed by atoms with Crippen molar-refractivity contribution in [1.82, 2.24) is 14.8 Å². The highest BCUT2D eigenvalue weighted by Gasteiger charge is 2.27. The van der Waals surface area contributed by atoms with Crippen LogP contribution in [0.2, 0.25) is 5.02 Å². The number of aromatic nitrogens is 3. The summed E-state index contributed by atoms with van der Waals surface area (Å²) in [7, 11) is 1.84. The Balaban J connectivity index is 1.40. The predicted molar refractivity (Wildman–Crippen MR) is 140 cm³/mol. The van der Waals surface area contributed by atoms with Gasteiger partial charge in [-0.3, -0.25) is 9.59 Å². The fourth-order valence-electron chi connectivity index (χ4n) is 4.19. The first-order valence-corrected chi connectivity index (χ1v) is 13.5. The van der Waals surface area contributed by atoms with E-state index in [9.17, 15) is 9.59 Å². The Morgan fingerprint density at radius 2 is 2.17 bits per heavy atom. The highest BCUT2D eigenvalue weighted by molar-refractivity contribution is 7.99. The third-order valence-electron chi connectivity index (χ3n) is 6.02. The number of primary amides is 1. The minimum Gasteiger partial charge on any atom is -0.482 e. The molecular formula is C24H28ClN5O3S2. The molecule has 0 bridgehead atoms. The fraction of sp³-hybridized carbons (Fsp3) is 0.417. The number of anilines is 1. The van der Waals surface area contributed by atoms with Crippen LogP contribution in [-0.4, -0.2) is 32.3 Å². The Hall–Kier alpha value is -2.56. The second kappa shape index (κ2) is 10.6. The molecule has 2 unspecified atom stereocenters. The summed E-state index contributed by atoms with van der Waals surface area (Å²) >= 11 is 8.75. The maximum atomic E-state index is 12.7. The normalized spacial score (nSPS) is 16.0. The second-order valence-electron chi connectivity index (χ2n) is 8.83. The zero-order valence-electron chi connectivity index (χ0n) is 20.1. The molecule has 35 heavy (non-hydrogen) atoms. The molecular weight excluding hydrogens is 506 g/mol. The van der Waals surface area contributed by atoms with Crippen molar-refractivity contribution < 1.29 is 14.3 Å². The molecule has 1 aliphatic carbocycles. The van der Waals surface area contributed by atoms with E-state index in [0.717, 1.165) is 41.0 Å². The van der Waals surface area contributed by atoms with Crippen LogP contribution in [0, 0.1) is 12.8 Å². The maximum absolute atomic E-state index is 12.7. The lowest BCUT2D eigenvalue weighted by Crippen LogP contribution is -2.20. The number of halogens is 1. The van der Waals surface area contributed by atoms with Crippen LogP contribution in [-0.2, 0) is 24.7 Å². The summed E-state index contributed by atoms with van der Waals surface area (Å²) in [6.07, 6.45) is 2.38. The molecule has 0 radical (unpaired) electrons. The summed E-state index contributed by atoms with van der Waals surface area (Å²) < 4.78 is 7.87. The number of aryl methyl sites for hydroxylation is 1. The Bertz CT molecular complexity index is 1270. The average molecular weight is 534 g/mol. The predicted octanol–water partition coefficient (Wildman–Crippen LogP) is 4.93. The van der Waals surface area contributed by atoms with Crippen molar-refractivity contribution in [3.63, 3.8) is 0 Å². The first-order chi connectivity index (χ1) is 16.6. The Kier molecular flexibility index (Phi) is 7.73. The molecule has 2 heterocycles. The van der Waals surface area contributed by atoms with Crippen molar-refractivity contribution >= 4 is 51.5 Å². The van der Waals surface area contributed by atoms with Gasteiger partial charge >= 0.3 is 0 Å². The van der Waals surface area contributed by atoms with Crippen LogP contribution in [0.3, 0.4) is 0 Å². The van der Waals surface area contributed by atoms with Crippen LogP contribution >= 0.6 is 34.7 Å². The van der Waals surface area contributed by atoms with Gasteiger partial charge in [-0.15, -0.1) is 21.5 Å². The SMILES string of the molecule is Cc1cc(Cl)ccc1OC(C)c1nnc(SCC(=O)Nc2sc3c(c2C(N)=O)CCC(C)C3)n1C. The first-order valence-electron chi connectivity index (χ1n) is 11.3. The van der Waals surface area contributed by atoms with Gasteiger partial charge in [0.1, 0.15) is 10.8 Å². The van der Waals surface area contributed by atoms with Gasteiger partial charge in [0.05, 0.1) is 11.3 Å². The number of nitrogens with two attached hydrogens (primary N) is 1. The number of hydrogen-bond donors (Lipinski definition) is 2. The number of ether oxygens (including phenoxy) is 1. The summed E-state index contributed by atoms with van der Waals surface area (Å²) in [6, 6.07) is 5.45. The molecule has 0 fully saturated rings. The summed E-state index contributed by atoms with van der Waals surface area (Å²) in [5.74, 6) is 1.31. The molecule has 11 heteroatoms. The molecule has 2 amide bonds. The number of thiophene rings is 1. The quantitative estimate of drug-likeness (QED) is 0.397. The second-order valence-corrected chi connectivity index (χ2v) is 11.3. The number of hydrogen-bond acceptors (Lipinski definition) is 7. The Morgan fingerprint density at radius 1 is 1.40 bits per heavy atom. The van der Waals surface area contributed by atoms with Gasteiger partial charge in [-0.1, -0.05) is 30.3 Å². The molecule has 186 valence electrons. The van der Waals surface area contributed by atoms with Gasteiger partial charge in [0.15, 0.2) is 17.1 Å². The van der Waals surface area contributed by atoms with Crippen molar-refractivity contribution in [1.29, 1.82) is 0 Å². The molecule has 8 nitrogen and oxygen atoms in total. The standard InChI is InChI=1S/C24H28ClN5O3S2/c1-12-5-7-16-18(9-12)35-23(20(16)21(26)32)27-19(31)11-34-24-29-28-22(30(24)4)14(3)33-17-8-6-15(25)10-13(17)2/h6,8,10,12,14H,5,7,9,11H2,1-4H3,(H2,26,32)(H,27,31). The van der Waals surface area contributed by atoms with Crippen LogP contribution < -0.4 is 15.8 Å². The van der Waals surface area contributed by atoms with Gasteiger partial charge in [-0.05, 0) is 68.4 Å². The molecule has 1 aromatic carbocycles. The molecule has 3 aromatic rings. The van der Waals surface area contributed by atoms with Crippen LogP contribution in [0.5, 0.6) is 5.75 Å². The van der Waals surface area contributed by atoms with E-state index >= 15 is 0 Å². The number of carbonyl (C=O) groups excluding carboxylic acids is 2. The van der Waals surface area contributed by atoms with E-state index in [0.29, 0.717) is 32.5 Å². The largest absolute Gasteiger partial charge is 0.482 e. The number of amides is 2. The minimum absolute atomic E-state index is 0.120. The van der Waals surface area contributed by atoms with Crippen molar-refractivity contribution in [2.24, 2.45) is 18.7 Å². The van der Waals surface area contributed by atoms with Gasteiger partial charge in [-0.2, -0.15) is 0 Å². The lowest BCUT2D eigenvalue weighted by molar-refractivity contribution is -0.113. The molecule has 0 aliphatic heterocycles. The van der Waals surface area contributed by atoms with E-state index in [1.807, 2.05) is 37.6 Å². The van der Waals surface area contributed by atoms with E-state index in [-0.39, 0.29) is 17.8 Å². The molecule has 0 saturated carbocycles. The van der Waals surface area contributed by atoms with E-state index in [4.69, 9.17) is 22.1 Å². The van der Waals surface area contributed by atoms with Gasteiger partial charge in [0, 0.05) is 16.9 Å². The van der Waals surface area contributed by atoms with Crippen molar-refractivity contribution in [2.45, 2.75) is 51.3 Å². The third-order valence-corrected chi connectivity index (χ3v) is 8.44. The van der Waals surface area contributed by atoms with Gasteiger partial charge in [0.2, 0.25) is 5.91 Å². The van der Waals surface area contributed by atoms with Crippen molar-refractivity contribution in [2.75, 3.05) is 11.1 Å². The number of thioether (sulfide) groups is 1. The average Bonchev–Trinajstić information content (AvgIpc) is 3.33. The first kappa shape index (κ1) is 25.5. The number of carbonyl (C=O) groups is 2. The molecule has 0 saturated heterocycles. The summed E-state index contributed by atoms with van der Waals surface area (Å²) in [5.41, 5.74) is 8.03. The van der Waals surface area contributed by atoms with Crippen LogP contribution in [0.25, 0.3) is 0 Å². The number of rotatable bonds is 8. The number of nitrogens with zero attached hydrogens (tertiary/aromatic N) is 3. The summed E-state index contributed by atoms with van der Waals surface area (Å²) in [5, 5.41) is 13.2. The Morgan fingerprint density at radius 3 is 2.89 bits per heavy atom. The molecule has 4 rings (SSSR count). The lowest BCUT2D eigenvalue weighted by atomic mass is 9.88. The smallest absolute Gasteiger partial charge is 0.251 e. The zero-order valence-corrected chi connectivity index (χ0v) is 22.4. The molecule has 2 atom stereocenters. The summed E-state index contributed by atoms with van der Waals surface area (Å²) in [4.78, 5) is 26.0. The number of nitrogens with one attached hydrogen (secondary N) is 1. The molecule has 2 aromatic heterocycles. The highest BCUT2D eigenvalue weighted by Crippen LogP contribution is 2.39. The van der Waals surface area contributed by atoms with E-state index < -0.39 is 5.91 Å². The third kappa shape index (κ3) is 5.65. The van der Waals surface area contributed by atoms with Crippen LogP contribution in [0.4, 0.5) is 5.00 Å². The minimum atomic E-state index is -0.497. The summed E-state index contributed by atoms with van der Waals surface area (Å²) in [6.45, 7) is 6.02. The maximum Gasteiger partial charge on any atom is 0.251 e. The molecule has 0 spiro atoms. The van der Waals surface area contributed by atoms with Gasteiger partial charge in [0.25, 0.3) is 5.91 Å². The molecule has 1 aliphatic rings. The van der Waals surface area contributed by atoms with Crippen molar-refractivity contribution in [3.05, 3.63) is 50.6 Å². The monoisotopic (exact) mass is 533 g/mol. The number of benzene rings is 1. The highest BCUT2D eigenvalue weighted by atomic mass is 35.5. The van der Waals surface area contributed by atoms with Gasteiger partial charge < -0.3 is 20.4 Å². The van der Waals surface area contributed by atoms with Crippen LogP contribution in [0.15, 0.2) is 23.4 Å². The van der Waals surface area contributed by atoms with Gasteiger partial charge in [-0.25, -0.2) is 0 Å². The lowest BCUT2D eigenvalue weighted by Gasteiger charge is -2.18. The zero-order chi connectivity index (χ0) is 25.3. The van der Waals surface area contributed by atoms with E-state index in [1.165, 1.54) is 23.1 Å². The van der Waals surface area contributed by atoms with E-state index in [1.54, 1.807) is 6.07 Å². The fourth-order valence-corrected chi connectivity index (χ4v) is 6.56. The topological polar surface area (TPSA) is 112 Å². The molecule has 3 N–H and O–H groups in total. The number of fused-ring (bicyclic) bond motifs is 1. The van der Waals surface area contributed by atoms with E-state index in [2.05, 4.69) is 22.4 Å².